The van der Waals surface area contributed by atoms with Gasteiger partial charge in [0.1, 0.15) is 11.6 Å². The summed E-state index contributed by atoms with van der Waals surface area (Å²) in [5.74, 6) is -0.472. The molecule has 0 aliphatic heterocycles. The van der Waals surface area contributed by atoms with Gasteiger partial charge >= 0.3 is 0 Å². The lowest BCUT2D eigenvalue weighted by molar-refractivity contribution is -0.123. The molecule has 0 saturated heterocycles. The Labute approximate surface area is 118 Å². The van der Waals surface area contributed by atoms with Crippen molar-refractivity contribution in [3.8, 4) is 5.75 Å². The fourth-order valence-electron chi connectivity index (χ4n) is 1.23. The molecule has 5 nitrogen and oxygen atoms in total. The number of hydrogen-bond acceptors (Lipinski definition) is 3. The summed E-state index contributed by atoms with van der Waals surface area (Å²) in [7, 11) is 0. The SMILES string of the molecule is CC(=O)NCCNC(=O)COc1ccc(F)cc1Br. The largest absolute Gasteiger partial charge is 0.483 e. The van der Waals surface area contributed by atoms with Gasteiger partial charge in [-0.05, 0) is 34.1 Å². The molecular formula is C12H14BrFN2O3. The number of carbonyl (C=O) groups is 2. The highest BCUT2D eigenvalue weighted by atomic mass is 79.9. The van der Waals surface area contributed by atoms with Gasteiger partial charge in [0.25, 0.3) is 5.91 Å². The van der Waals surface area contributed by atoms with Crippen LogP contribution in [-0.2, 0) is 9.59 Å². The summed E-state index contributed by atoms with van der Waals surface area (Å²) in [6, 6.07) is 3.93. The molecule has 0 unspecified atom stereocenters. The van der Waals surface area contributed by atoms with Crippen LogP contribution in [0.25, 0.3) is 0 Å². The van der Waals surface area contributed by atoms with Gasteiger partial charge in [0.2, 0.25) is 5.91 Å². The maximum absolute atomic E-state index is 12.8. The first kappa shape index (κ1) is 15.4. The zero-order chi connectivity index (χ0) is 14.3. The second kappa shape index (κ2) is 7.73. The van der Waals surface area contributed by atoms with E-state index >= 15 is 0 Å². The first-order valence-corrected chi connectivity index (χ1v) is 6.37. The van der Waals surface area contributed by atoms with Crippen LogP contribution >= 0.6 is 15.9 Å². The highest BCUT2D eigenvalue weighted by Gasteiger charge is 2.06. The first-order chi connectivity index (χ1) is 8.99. The van der Waals surface area contributed by atoms with Crippen LogP contribution in [-0.4, -0.2) is 31.5 Å². The molecule has 0 atom stereocenters. The number of rotatable bonds is 6. The third kappa shape index (κ3) is 6.19. The Morgan fingerprint density at radius 3 is 2.63 bits per heavy atom. The van der Waals surface area contributed by atoms with E-state index in [9.17, 15) is 14.0 Å². The zero-order valence-electron chi connectivity index (χ0n) is 10.3. The molecule has 0 spiro atoms. The van der Waals surface area contributed by atoms with Crippen LogP contribution in [0.3, 0.4) is 0 Å². The minimum atomic E-state index is -0.390. The maximum atomic E-state index is 12.8. The standard InChI is InChI=1S/C12H14BrFN2O3/c1-8(17)15-4-5-16-12(18)7-19-11-3-2-9(14)6-10(11)13/h2-3,6H,4-5,7H2,1H3,(H,15,17)(H,16,18). The first-order valence-electron chi connectivity index (χ1n) is 5.58. The van der Waals surface area contributed by atoms with Crippen molar-refractivity contribution in [2.24, 2.45) is 0 Å². The van der Waals surface area contributed by atoms with E-state index in [4.69, 9.17) is 4.74 Å². The van der Waals surface area contributed by atoms with Crippen molar-refractivity contribution < 1.29 is 18.7 Å². The molecule has 19 heavy (non-hydrogen) atoms. The van der Waals surface area contributed by atoms with Gasteiger partial charge in [-0.2, -0.15) is 0 Å². The quantitative estimate of drug-likeness (QED) is 0.770. The molecule has 1 aromatic rings. The van der Waals surface area contributed by atoms with E-state index in [1.54, 1.807) is 0 Å². The number of halogens is 2. The third-order valence-electron chi connectivity index (χ3n) is 2.07. The van der Waals surface area contributed by atoms with Crippen LogP contribution < -0.4 is 15.4 Å². The lowest BCUT2D eigenvalue weighted by Gasteiger charge is -2.09. The summed E-state index contributed by atoms with van der Waals surface area (Å²) in [6.07, 6.45) is 0. The van der Waals surface area contributed by atoms with E-state index in [2.05, 4.69) is 26.6 Å². The fraction of sp³-hybridized carbons (Fsp3) is 0.333. The summed E-state index contributed by atoms with van der Waals surface area (Å²) < 4.78 is 18.5. The average Bonchev–Trinajstić information content (AvgIpc) is 2.33. The van der Waals surface area contributed by atoms with Crippen molar-refractivity contribution >= 4 is 27.7 Å². The maximum Gasteiger partial charge on any atom is 0.258 e. The molecule has 0 aromatic heterocycles. The van der Waals surface area contributed by atoms with E-state index in [1.165, 1.54) is 25.1 Å². The Kier molecular flexibility index (Phi) is 6.27. The Hall–Kier alpha value is -1.63. The topological polar surface area (TPSA) is 67.4 Å². The number of hydrogen-bond donors (Lipinski definition) is 2. The Bertz CT molecular complexity index is 468. The van der Waals surface area contributed by atoms with Gasteiger partial charge in [-0.3, -0.25) is 9.59 Å². The molecule has 0 aliphatic rings. The van der Waals surface area contributed by atoms with Gasteiger partial charge in [-0.1, -0.05) is 0 Å². The minimum absolute atomic E-state index is 0.152. The summed E-state index contributed by atoms with van der Waals surface area (Å²) in [5, 5.41) is 5.12. The molecule has 2 amide bonds. The molecule has 7 heteroatoms. The second-order valence-electron chi connectivity index (χ2n) is 3.70. The average molecular weight is 333 g/mol. The van der Waals surface area contributed by atoms with Crippen LogP contribution in [0.15, 0.2) is 22.7 Å². The van der Waals surface area contributed by atoms with E-state index in [0.717, 1.165) is 0 Å². The molecule has 0 radical (unpaired) electrons. The molecule has 2 N–H and O–H groups in total. The number of carbonyl (C=O) groups excluding carboxylic acids is 2. The molecule has 0 saturated carbocycles. The number of ether oxygens (including phenoxy) is 1. The third-order valence-corrected chi connectivity index (χ3v) is 2.69. The van der Waals surface area contributed by atoms with Crippen molar-refractivity contribution in [3.63, 3.8) is 0 Å². The predicted molar refractivity (Wildman–Crippen MR) is 71.3 cm³/mol. The lowest BCUT2D eigenvalue weighted by atomic mass is 10.3. The van der Waals surface area contributed by atoms with Gasteiger partial charge in [0, 0.05) is 20.0 Å². The van der Waals surface area contributed by atoms with E-state index in [1.807, 2.05) is 0 Å². The molecule has 0 bridgehead atoms. The van der Waals surface area contributed by atoms with Gasteiger partial charge in [-0.25, -0.2) is 4.39 Å². The number of benzene rings is 1. The highest BCUT2D eigenvalue weighted by Crippen LogP contribution is 2.25. The number of nitrogens with one attached hydrogen (secondary N) is 2. The summed E-state index contributed by atoms with van der Waals surface area (Å²) in [5.41, 5.74) is 0. The van der Waals surface area contributed by atoms with Crippen molar-refractivity contribution in [3.05, 3.63) is 28.5 Å². The molecule has 1 rings (SSSR count). The van der Waals surface area contributed by atoms with Crippen molar-refractivity contribution in [2.75, 3.05) is 19.7 Å². The van der Waals surface area contributed by atoms with Crippen molar-refractivity contribution in [1.29, 1.82) is 0 Å². The molecule has 1 aromatic carbocycles. The molecule has 0 heterocycles. The van der Waals surface area contributed by atoms with E-state index in [0.29, 0.717) is 23.3 Å². The lowest BCUT2D eigenvalue weighted by Crippen LogP contribution is -2.36. The highest BCUT2D eigenvalue weighted by molar-refractivity contribution is 9.10. The predicted octanol–water partition coefficient (Wildman–Crippen LogP) is 1.22. The summed E-state index contributed by atoms with van der Waals surface area (Å²) >= 11 is 3.13. The van der Waals surface area contributed by atoms with Gasteiger partial charge < -0.3 is 15.4 Å². The minimum Gasteiger partial charge on any atom is -0.483 e. The molecule has 0 aliphatic carbocycles. The normalized spacial score (nSPS) is 9.84. The zero-order valence-corrected chi connectivity index (χ0v) is 11.9. The Balaban J connectivity index is 2.28. The van der Waals surface area contributed by atoms with Crippen molar-refractivity contribution in [2.45, 2.75) is 6.92 Å². The Morgan fingerprint density at radius 1 is 1.32 bits per heavy atom. The summed E-state index contributed by atoms with van der Waals surface area (Å²) in [4.78, 5) is 22.0. The fourth-order valence-corrected chi connectivity index (χ4v) is 1.69. The monoisotopic (exact) mass is 332 g/mol. The van der Waals surface area contributed by atoms with E-state index in [-0.39, 0.29) is 24.2 Å². The van der Waals surface area contributed by atoms with Crippen LogP contribution in [0.5, 0.6) is 5.75 Å². The summed E-state index contributed by atoms with van der Waals surface area (Å²) in [6.45, 7) is 1.91. The smallest absolute Gasteiger partial charge is 0.258 e. The number of amides is 2. The molecule has 0 fully saturated rings. The molecular weight excluding hydrogens is 319 g/mol. The van der Waals surface area contributed by atoms with Crippen LogP contribution in [0, 0.1) is 5.82 Å². The second-order valence-corrected chi connectivity index (χ2v) is 4.55. The molecule has 104 valence electrons. The van der Waals surface area contributed by atoms with Crippen LogP contribution in [0.4, 0.5) is 4.39 Å². The van der Waals surface area contributed by atoms with Crippen LogP contribution in [0.2, 0.25) is 0 Å². The van der Waals surface area contributed by atoms with Gasteiger partial charge in [0.05, 0.1) is 4.47 Å². The van der Waals surface area contributed by atoms with Crippen LogP contribution in [0.1, 0.15) is 6.92 Å². The van der Waals surface area contributed by atoms with Crippen molar-refractivity contribution in [1.82, 2.24) is 10.6 Å². The van der Waals surface area contributed by atoms with Gasteiger partial charge in [-0.15, -0.1) is 0 Å². The van der Waals surface area contributed by atoms with E-state index < -0.39 is 0 Å². The Morgan fingerprint density at radius 2 is 2.00 bits per heavy atom. The van der Waals surface area contributed by atoms with Gasteiger partial charge in [0.15, 0.2) is 6.61 Å².